The Morgan fingerprint density at radius 1 is 0.586 bits per heavy atom. The molecule has 1 aromatic heterocycles. The molecule has 140 valence electrons. The summed E-state index contributed by atoms with van der Waals surface area (Å²) in [5, 5.41) is 1.17. The molecule has 0 spiro atoms. The molecular weight excluding hydrogens is 352 g/mol. The largest absolute Gasteiger partial charge is 0.460 e. The second-order valence-corrected chi connectivity index (χ2v) is 7.50. The van der Waals surface area contributed by atoms with E-state index >= 15 is 0 Å². The van der Waals surface area contributed by atoms with Crippen molar-refractivity contribution in [3.8, 4) is 22.3 Å². The Morgan fingerprint density at radius 2 is 1.17 bits per heavy atom. The van der Waals surface area contributed by atoms with Crippen LogP contribution in [0, 0.1) is 6.92 Å². The second kappa shape index (κ2) is 7.44. The first-order chi connectivity index (χ1) is 14.3. The standard InChI is InChI=1S/C28H22O/c1-20-11-13-22(14-12-20)23-15-17-24(18-16-23)28-25-9-5-6-10-26(25)29-27(28)19-21-7-3-2-4-8-21/h2-18H,19H2,1H3. The Balaban J connectivity index is 1.58. The summed E-state index contributed by atoms with van der Waals surface area (Å²) < 4.78 is 6.29. The predicted molar refractivity (Wildman–Crippen MR) is 121 cm³/mol. The quantitative estimate of drug-likeness (QED) is 0.314. The zero-order valence-electron chi connectivity index (χ0n) is 16.4. The highest BCUT2D eigenvalue weighted by molar-refractivity contribution is 5.96. The molecule has 0 radical (unpaired) electrons. The average Bonchev–Trinajstić information content (AvgIpc) is 3.13. The molecule has 1 nitrogen and oxygen atoms in total. The normalized spacial score (nSPS) is 11.1. The molecule has 0 saturated carbocycles. The molecule has 0 unspecified atom stereocenters. The summed E-state index contributed by atoms with van der Waals surface area (Å²) in [4.78, 5) is 0. The monoisotopic (exact) mass is 374 g/mol. The zero-order valence-corrected chi connectivity index (χ0v) is 16.4. The number of para-hydroxylation sites is 1. The van der Waals surface area contributed by atoms with Crippen molar-refractivity contribution in [2.45, 2.75) is 13.3 Å². The second-order valence-electron chi connectivity index (χ2n) is 7.50. The maximum absolute atomic E-state index is 6.29. The zero-order chi connectivity index (χ0) is 19.6. The molecule has 4 aromatic carbocycles. The van der Waals surface area contributed by atoms with Crippen LogP contribution in [0.5, 0.6) is 0 Å². The van der Waals surface area contributed by atoms with Crippen LogP contribution in [-0.4, -0.2) is 0 Å². The number of benzene rings is 4. The number of hydrogen-bond acceptors (Lipinski definition) is 1. The van der Waals surface area contributed by atoms with Gasteiger partial charge in [0, 0.05) is 17.4 Å². The predicted octanol–water partition coefficient (Wildman–Crippen LogP) is 7.67. The molecule has 0 N–H and O–H groups in total. The lowest BCUT2D eigenvalue weighted by Gasteiger charge is -2.07. The van der Waals surface area contributed by atoms with Crippen molar-refractivity contribution in [3.05, 3.63) is 120 Å². The van der Waals surface area contributed by atoms with E-state index in [-0.39, 0.29) is 0 Å². The Kier molecular flexibility index (Phi) is 4.50. The molecule has 0 aliphatic heterocycles. The number of furan rings is 1. The maximum atomic E-state index is 6.29. The van der Waals surface area contributed by atoms with Gasteiger partial charge in [-0.15, -0.1) is 0 Å². The van der Waals surface area contributed by atoms with Crippen LogP contribution in [0.4, 0.5) is 0 Å². The van der Waals surface area contributed by atoms with Crippen molar-refractivity contribution in [3.63, 3.8) is 0 Å². The van der Waals surface area contributed by atoms with Gasteiger partial charge >= 0.3 is 0 Å². The molecule has 0 aliphatic carbocycles. The molecule has 0 saturated heterocycles. The lowest BCUT2D eigenvalue weighted by Crippen LogP contribution is -1.89. The van der Waals surface area contributed by atoms with Crippen LogP contribution in [0.25, 0.3) is 33.2 Å². The molecule has 5 rings (SSSR count). The fourth-order valence-corrected chi connectivity index (χ4v) is 3.89. The number of hydrogen-bond donors (Lipinski definition) is 0. The van der Waals surface area contributed by atoms with E-state index in [1.165, 1.54) is 38.8 Å². The highest BCUT2D eigenvalue weighted by atomic mass is 16.3. The third kappa shape index (κ3) is 3.48. The van der Waals surface area contributed by atoms with Crippen LogP contribution in [0.1, 0.15) is 16.9 Å². The topological polar surface area (TPSA) is 13.1 Å². The van der Waals surface area contributed by atoms with E-state index in [0.717, 1.165) is 17.8 Å². The van der Waals surface area contributed by atoms with Gasteiger partial charge in [0.2, 0.25) is 0 Å². The highest BCUT2D eigenvalue weighted by Gasteiger charge is 2.16. The molecule has 1 heteroatoms. The van der Waals surface area contributed by atoms with Crippen LogP contribution in [0.2, 0.25) is 0 Å². The van der Waals surface area contributed by atoms with Gasteiger partial charge in [-0.2, -0.15) is 0 Å². The van der Waals surface area contributed by atoms with E-state index in [1.807, 2.05) is 18.2 Å². The van der Waals surface area contributed by atoms with E-state index in [2.05, 4.69) is 91.9 Å². The number of rotatable bonds is 4. The average molecular weight is 374 g/mol. The fourth-order valence-electron chi connectivity index (χ4n) is 3.89. The fraction of sp³-hybridized carbons (Fsp3) is 0.0714. The third-order valence-corrected chi connectivity index (χ3v) is 5.43. The van der Waals surface area contributed by atoms with Gasteiger partial charge in [-0.25, -0.2) is 0 Å². The first kappa shape index (κ1) is 17.5. The minimum absolute atomic E-state index is 0.782. The summed E-state index contributed by atoms with van der Waals surface area (Å²) in [7, 11) is 0. The van der Waals surface area contributed by atoms with Crippen LogP contribution < -0.4 is 0 Å². The maximum Gasteiger partial charge on any atom is 0.134 e. The summed E-state index contributed by atoms with van der Waals surface area (Å²) in [6.07, 6.45) is 0.782. The Morgan fingerprint density at radius 3 is 1.90 bits per heavy atom. The lowest BCUT2D eigenvalue weighted by molar-refractivity contribution is 0.564. The van der Waals surface area contributed by atoms with Gasteiger partial charge in [0.1, 0.15) is 11.3 Å². The molecule has 0 aliphatic rings. The Labute approximate surface area is 171 Å². The lowest BCUT2D eigenvalue weighted by atomic mass is 9.96. The molecule has 0 fully saturated rings. The van der Waals surface area contributed by atoms with E-state index in [0.29, 0.717) is 0 Å². The summed E-state index contributed by atoms with van der Waals surface area (Å²) in [5.74, 6) is 1.01. The van der Waals surface area contributed by atoms with Crippen molar-refractivity contribution < 1.29 is 4.42 Å². The van der Waals surface area contributed by atoms with E-state index in [1.54, 1.807) is 0 Å². The Bertz CT molecular complexity index is 1240. The van der Waals surface area contributed by atoms with Gasteiger partial charge < -0.3 is 4.42 Å². The van der Waals surface area contributed by atoms with Gasteiger partial charge in [0.25, 0.3) is 0 Å². The van der Waals surface area contributed by atoms with E-state index < -0.39 is 0 Å². The van der Waals surface area contributed by atoms with Crippen molar-refractivity contribution in [2.24, 2.45) is 0 Å². The van der Waals surface area contributed by atoms with Crippen LogP contribution in [0.15, 0.2) is 108 Å². The van der Waals surface area contributed by atoms with Crippen LogP contribution in [0.3, 0.4) is 0 Å². The number of fused-ring (bicyclic) bond motifs is 1. The number of aryl methyl sites for hydroxylation is 1. The van der Waals surface area contributed by atoms with Gasteiger partial charge in [-0.1, -0.05) is 103 Å². The van der Waals surface area contributed by atoms with Gasteiger partial charge in [0.15, 0.2) is 0 Å². The van der Waals surface area contributed by atoms with Gasteiger partial charge in [0.05, 0.1) is 0 Å². The van der Waals surface area contributed by atoms with Crippen molar-refractivity contribution >= 4 is 11.0 Å². The molecule has 5 aromatic rings. The first-order valence-corrected chi connectivity index (χ1v) is 10.00. The first-order valence-electron chi connectivity index (χ1n) is 10.00. The minimum atomic E-state index is 0.782. The van der Waals surface area contributed by atoms with E-state index in [9.17, 15) is 0 Å². The van der Waals surface area contributed by atoms with Crippen molar-refractivity contribution in [1.29, 1.82) is 0 Å². The van der Waals surface area contributed by atoms with Crippen LogP contribution >= 0.6 is 0 Å². The molecule has 0 atom stereocenters. The van der Waals surface area contributed by atoms with E-state index in [4.69, 9.17) is 4.42 Å². The van der Waals surface area contributed by atoms with Gasteiger partial charge in [-0.3, -0.25) is 0 Å². The van der Waals surface area contributed by atoms with Crippen molar-refractivity contribution in [1.82, 2.24) is 0 Å². The third-order valence-electron chi connectivity index (χ3n) is 5.43. The van der Waals surface area contributed by atoms with Crippen LogP contribution in [-0.2, 0) is 6.42 Å². The summed E-state index contributed by atoms with van der Waals surface area (Å²) in [6.45, 7) is 2.12. The van der Waals surface area contributed by atoms with Gasteiger partial charge in [-0.05, 0) is 35.2 Å². The summed E-state index contributed by atoms with van der Waals surface area (Å²) in [6, 6.07) is 36.3. The Hall–Kier alpha value is -3.58. The molecule has 29 heavy (non-hydrogen) atoms. The molecule has 0 amide bonds. The van der Waals surface area contributed by atoms with Crippen molar-refractivity contribution in [2.75, 3.05) is 0 Å². The smallest absolute Gasteiger partial charge is 0.134 e. The summed E-state index contributed by atoms with van der Waals surface area (Å²) >= 11 is 0. The molecule has 0 bridgehead atoms. The summed E-state index contributed by atoms with van der Waals surface area (Å²) in [5.41, 5.74) is 8.33. The molecule has 1 heterocycles. The SMILES string of the molecule is Cc1ccc(-c2ccc(-c3c(Cc4ccccc4)oc4ccccc34)cc2)cc1. The molecular formula is C28H22O. The minimum Gasteiger partial charge on any atom is -0.460 e. The highest BCUT2D eigenvalue weighted by Crippen LogP contribution is 2.37.